The van der Waals surface area contributed by atoms with Gasteiger partial charge in [-0.15, -0.1) is 0 Å². The summed E-state index contributed by atoms with van der Waals surface area (Å²) in [7, 11) is 0. The second kappa shape index (κ2) is 4.49. The normalized spacial score (nSPS) is 21.6. The van der Waals surface area contributed by atoms with Crippen molar-refractivity contribution in [2.45, 2.75) is 26.7 Å². The standard InChI is InChI=1S/C20H21N/c1-12-9-14-7-8-16-15-5-3-4-6-17(15)20(21)11-19(16)18(14)10-13(12)2/h3-8,11-13H,9-10,21H2,1-2H3. The summed E-state index contributed by atoms with van der Waals surface area (Å²) in [5.74, 6) is 1.52. The lowest BCUT2D eigenvalue weighted by atomic mass is 9.76. The lowest BCUT2D eigenvalue weighted by Gasteiger charge is -2.29. The van der Waals surface area contributed by atoms with Gasteiger partial charge in [0.2, 0.25) is 0 Å². The van der Waals surface area contributed by atoms with E-state index in [1.807, 2.05) is 0 Å². The minimum atomic E-state index is 0.746. The predicted molar refractivity (Wildman–Crippen MR) is 91.6 cm³/mol. The van der Waals surface area contributed by atoms with Crippen LogP contribution >= 0.6 is 0 Å². The summed E-state index contributed by atoms with van der Waals surface area (Å²) >= 11 is 0. The Morgan fingerprint density at radius 1 is 0.810 bits per heavy atom. The molecule has 0 saturated carbocycles. The van der Waals surface area contributed by atoms with Crippen molar-refractivity contribution in [3.8, 4) is 0 Å². The minimum absolute atomic E-state index is 0.746. The Morgan fingerprint density at radius 3 is 2.29 bits per heavy atom. The molecule has 2 unspecified atom stereocenters. The number of nitrogens with two attached hydrogens (primary N) is 1. The lowest BCUT2D eigenvalue weighted by molar-refractivity contribution is 0.362. The van der Waals surface area contributed by atoms with Gasteiger partial charge in [0, 0.05) is 11.1 Å². The molecule has 0 radical (unpaired) electrons. The third-order valence-electron chi connectivity index (χ3n) is 5.32. The van der Waals surface area contributed by atoms with Gasteiger partial charge in [-0.05, 0) is 58.0 Å². The number of fused-ring (bicyclic) bond motifs is 5. The molecule has 3 aromatic carbocycles. The zero-order valence-electron chi connectivity index (χ0n) is 12.7. The first kappa shape index (κ1) is 12.7. The van der Waals surface area contributed by atoms with Gasteiger partial charge in [-0.3, -0.25) is 0 Å². The van der Waals surface area contributed by atoms with E-state index in [-0.39, 0.29) is 0 Å². The maximum Gasteiger partial charge on any atom is 0.0400 e. The average molecular weight is 275 g/mol. The molecule has 106 valence electrons. The molecule has 2 atom stereocenters. The van der Waals surface area contributed by atoms with Crippen molar-refractivity contribution in [2.24, 2.45) is 11.8 Å². The molecule has 2 N–H and O–H groups in total. The van der Waals surface area contributed by atoms with E-state index in [0.717, 1.165) is 17.5 Å². The van der Waals surface area contributed by atoms with Gasteiger partial charge < -0.3 is 5.73 Å². The highest BCUT2D eigenvalue weighted by Gasteiger charge is 2.23. The molecule has 0 spiro atoms. The molecule has 1 aliphatic rings. The van der Waals surface area contributed by atoms with Crippen LogP contribution in [0, 0.1) is 11.8 Å². The summed E-state index contributed by atoms with van der Waals surface area (Å²) in [5, 5.41) is 5.16. The van der Waals surface area contributed by atoms with Crippen LogP contribution in [0.1, 0.15) is 25.0 Å². The van der Waals surface area contributed by atoms with Crippen LogP contribution in [0.3, 0.4) is 0 Å². The van der Waals surface area contributed by atoms with Gasteiger partial charge in [-0.1, -0.05) is 50.2 Å². The molecule has 0 aromatic heterocycles. The minimum Gasteiger partial charge on any atom is -0.398 e. The fourth-order valence-electron chi connectivity index (χ4n) is 3.82. The van der Waals surface area contributed by atoms with Gasteiger partial charge in [0.1, 0.15) is 0 Å². The van der Waals surface area contributed by atoms with Crippen molar-refractivity contribution in [1.29, 1.82) is 0 Å². The van der Waals surface area contributed by atoms with E-state index in [2.05, 4.69) is 56.3 Å². The van der Waals surface area contributed by atoms with Crippen LogP contribution in [0.4, 0.5) is 5.69 Å². The largest absolute Gasteiger partial charge is 0.398 e. The van der Waals surface area contributed by atoms with Crippen LogP contribution in [0.15, 0.2) is 42.5 Å². The summed E-state index contributed by atoms with van der Waals surface area (Å²) in [6, 6.07) is 15.3. The molecule has 1 heteroatoms. The van der Waals surface area contributed by atoms with Gasteiger partial charge in [-0.2, -0.15) is 0 Å². The fraction of sp³-hybridized carbons (Fsp3) is 0.300. The quantitative estimate of drug-likeness (QED) is 0.456. The third kappa shape index (κ3) is 1.84. The number of rotatable bonds is 0. The summed E-state index contributed by atoms with van der Waals surface area (Å²) in [5.41, 5.74) is 10.3. The highest BCUT2D eigenvalue weighted by atomic mass is 14.6. The van der Waals surface area contributed by atoms with E-state index in [0.29, 0.717) is 0 Å². The van der Waals surface area contributed by atoms with Crippen LogP contribution in [-0.4, -0.2) is 0 Å². The Kier molecular flexibility index (Phi) is 2.72. The van der Waals surface area contributed by atoms with Crippen LogP contribution in [0.5, 0.6) is 0 Å². The van der Waals surface area contributed by atoms with E-state index in [1.54, 1.807) is 0 Å². The van der Waals surface area contributed by atoms with E-state index in [1.165, 1.54) is 45.5 Å². The number of hydrogen-bond acceptors (Lipinski definition) is 1. The van der Waals surface area contributed by atoms with Crippen LogP contribution in [0.25, 0.3) is 21.5 Å². The fourth-order valence-corrected chi connectivity index (χ4v) is 3.82. The number of benzene rings is 3. The number of hydrogen-bond donors (Lipinski definition) is 1. The van der Waals surface area contributed by atoms with Crippen molar-refractivity contribution < 1.29 is 0 Å². The van der Waals surface area contributed by atoms with Crippen LogP contribution in [0.2, 0.25) is 0 Å². The second-order valence-electron chi connectivity index (χ2n) is 6.67. The summed E-state index contributed by atoms with van der Waals surface area (Å²) in [4.78, 5) is 0. The molecule has 0 fully saturated rings. The van der Waals surface area contributed by atoms with E-state index < -0.39 is 0 Å². The van der Waals surface area contributed by atoms with Crippen LogP contribution in [-0.2, 0) is 12.8 Å². The smallest absolute Gasteiger partial charge is 0.0400 e. The summed E-state index contributed by atoms with van der Waals surface area (Å²) < 4.78 is 0. The maximum atomic E-state index is 6.32. The van der Waals surface area contributed by atoms with Gasteiger partial charge >= 0.3 is 0 Å². The van der Waals surface area contributed by atoms with Gasteiger partial charge in [0.05, 0.1) is 0 Å². The number of nitrogen functional groups attached to an aromatic ring is 1. The predicted octanol–water partition coefficient (Wildman–Crippen LogP) is 4.95. The molecule has 0 saturated heterocycles. The first-order chi connectivity index (χ1) is 10.1. The van der Waals surface area contributed by atoms with Gasteiger partial charge in [0.25, 0.3) is 0 Å². The van der Waals surface area contributed by atoms with Gasteiger partial charge in [0.15, 0.2) is 0 Å². The Hall–Kier alpha value is -2.02. The maximum absolute atomic E-state index is 6.32. The van der Waals surface area contributed by atoms with Crippen molar-refractivity contribution in [3.63, 3.8) is 0 Å². The molecule has 1 nitrogen and oxygen atoms in total. The lowest BCUT2D eigenvalue weighted by Crippen LogP contribution is -2.20. The van der Waals surface area contributed by atoms with Crippen LogP contribution < -0.4 is 5.73 Å². The van der Waals surface area contributed by atoms with Crippen molar-refractivity contribution in [1.82, 2.24) is 0 Å². The van der Waals surface area contributed by atoms with E-state index in [9.17, 15) is 0 Å². The second-order valence-corrected chi connectivity index (χ2v) is 6.67. The first-order valence-electron chi connectivity index (χ1n) is 7.87. The van der Waals surface area contributed by atoms with Gasteiger partial charge in [-0.25, -0.2) is 0 Å². The zero-order valence-corrected chi connectivity index (χ0v) is 12.7. The Bertz CT molecular complexity index is 847. The Morgan fingerprint density at radius 2 is 1.48 bits per heavy atom. The molecule has 1 aliphatic carbocycles. The Labute approximate surface area is 125 Å². The molecule has 0 bridgehead atoms. The number of anilines is 1. The summed E-state index contributed by atoms with van der Waals surface area (Å²) in [6.45, 7) is 4.74. The molecule has 21 heavy (non-hydrogen) atoms. The van der Waals surface area contributed by atoms with Crippen molar-refractivity contribution >= 4 is 27.2 Å². The molecule has 0 aliphatic heterocycles. The molecule has 0 amide bonds. The molecular formula is C20H21N. The molecule has 3 aromatic rings. The summed E-state index contributed by atoms with van der Waals surface area (Å²) in [6.07, 6.45) is 2.37. The molecule has 0 heterocycles. The monoisotopic (exact) mass is 275 g/mol. The zero-order chi connectivity index (χ0) is 14.6. The highest BCUT2D eigenvalue weighted by Crippen LogP contribution is 2.38. The Balaban J connectivity index is 2.09. The molecular weight excluding hydrogens is 254 g/mol. The van der Waals surface area contributed by atoms with E-state index in [4.69, 9.17) is 5.73 Å². The SMILES string of the molecule is CC1Cc2ccc3c(cc(N)c4ccccc43)c2CC1C. The molecule has 4 rings (SSSR count). The first-order valence-corrected chi connectivity index (χ1v) is 7.87. The van der Waals surface area contributed by atoms with Crippen molar-refractivity contribution in [3.05, 3.63) is 53.6 Å². The third-order valence-corrected chi connectivity index (χ3v) is 5.32. The topological polar surface area (TPSA) is 26.0 Å². The van der Waals surface area contributed by atoms with E-state index >= 15 is 0 Å². The average Bonchev–Trinajstić information content (AvgIpc) is 2.49. The highest BCUT2D eigenvalue weighted by molar-refractivity contribution is 6.13. The van der Waals surface area contributed by atoms with Crippen molar-refractivity contribution in [2.75, 3.05) is 5.73 Å².